The molecule has 1 amide bonds. The molecule has 1 fully saturated rings. The lowest BCUT2D eigenvalue weighted by molar-refractivity contribution is -0.132. The highest BCUT2D eigenvalue weighted by molar-refractivity contribution is 5.85. The van der Waals surface area contributed by atoms with Crippen LogP contribution in [0.4, 0.5) is 0 Å². The third kappa shape index (κ3) is 4.80. The maximum Gasteiger partial charge on any atom is 0.222 e. The van der Waals surface area contributed by atoms with Gasteiger partial charge in [-0.25, -0.2) is 0 Å². The van der Waals surface area contributed by atoms with Crippen LogP contribution < -0.4 is 5.32 Å². The molecule has 0 aliphatic carbocycles. The molecule has 0 bridgehead atoms. The van der Waals surface area contributed by atoms with Crippen LogP contribution in [0, 0.1) is 6.92 Å². The molecular weight excluding hydrogens is 272 g/mol. The molecule has 3 nitrogen and oxygen atoms in total. The van der Waals surface area contributed by atoms with E-state index in [2.05, 4.69) is 36.5 Å². The second-order valence-corrected chi connectivity index (χ2v) is 5.45. The van der Waals surface area contributed by atoms with Gasteiger partial charge in [0.05, 0.1) is 0 Å². The summed E-state index contributed by atoms with van der Waals surface area (Å²) in [5.41, 5.74) is 2.52. The van der Waals surface area contributed by atoms with E-state index < -0.39 is 0 Å². The van der Waals surface area contributed by atoms with Gasteiger partial charge in [0.2, 0.25) is 5.91 Å². The Morgan fingerprint density at radius 3 is 2.70 bits per heavy atom. The summed E-state index contributed by atoms with van der Waals surface area (Å²) in [5, 5.41) is 3.27. The number of aryl methyl sites for hydroxylation is 2. The molecule has 0 saturated carbocycles. The average Bonchev–Trinajstić information content (AvgIpc) is 2.46. The Bertz CT molecular complexity index is 419. The molecule has 1 atom stereocenters. The van der Waals surface area contributed by atoms with Crippen LogP contribution in [0.25, 0.3) is 0 Å². The number of likely N-dealkylation sites (N-methyl/N-ethyl adjacent to an activating group) is 1. The molecule has 1 saturated heterocycles. The van der Waals surface area contributed by atoms with Crippen molar-refractivity contribution in [2.75, 3.05) is 20.1 Å². The standard InChI is InChI=1S/C16H24N2O.ClH/c1-13-5-7-14(8-6-13)9-10-16(19)18-11-3-4-15(12-18)17-2;/h5-8,15,17H,3-4,9-12H2,1-2H3;1H. The zero-order chi connectivity index (χ0) is 13.7. The van der Waals surface area contributed by atoms with Crippen LogP contribution in [-0.4, -0.2) is 37.0 Å². The van der Waals surface area contributed by atoms with E-state index in [1.54, 1.807) is 0 Å². The van der Waals surface area contributed by atoms with Crippen molar-refractivity contribution in [2.45, 2.75) is 38.6 Å². The molecule has 1 aromatic rings. The van der Waals surface area contributed by atoms with Gasteiger partial charge >= 0.3 is 0 Å². The normalized spacial score (nSPS) is 18.5. The first kappa shape index (κ1) is 17.0. The van der Waals surface area contributed by atoms with Crippen molar-refractivity contribution in [3.05, 3.63) is 35.4 Å². The number of nitrogens with zero attached hydrogens (tertiary/aromatic N) is 1. The van der Waals surface area contributed by atoms with Crippen molar-refractivity contribution in [1.82, 2.24) is 10.2 Å². The fourth-order valence-corrected chi connectivity index (χ4v) is 2.60. The van der Waals surface area contributed by atoms with Gasteiger partial charge in [0, 0.05) is 25.6 Å². The highest BCUT2D eigenvalue weighted by Gasteiger charge is 2.21. The average molecular weight is 297 g/mol. The highest BCUT2D eigenvalue weighted by atomic mass is 35.5. The number of rotatable bonds is 4. The second-order valence-electron chi connectivity index (χ2n) is 5.45. The second kappa shape index (κ2) is 8.28. The van der Waals surface area contributed by atoms with Crippen molar-refractivity contribution in [1.29, 1.82) is 0 Å². The fraction of sp³-hybridized carbons (Fsp3) is 0.562. The van der Waals surface area contributed by atoms with E-state index in [0.29, 0.717) is 18.4 Å². The van der Waals surface area contributed by atoms with Gasteiger partial charge in [-0.05, 0) is 38.8 Å². The van der Waals surface area contributed by atoms with Gasteiger partial charge in [0.1, 0.15) is 0 Å². The number of benzene rings is 1. The van der Waals surface area contributed by atoms with Crippen molar-refractivity contribution >= 4 is 18.3 Å². The van der Waals surface area contributed by atoms with Crippen LogP contribution in [0.15, 0.2) is 24.3 Å². The van der Waals surface area contributed by atoms with E-state index in [9.17, 15) is 4.79 Å². The van der Waals surface area contributed by atoms with Crippen LogP contribution in [-0.2, 0) is 11.2 Å². The number of likely N-dealkylation sites (tertiary alicyclic amines) is 1. The summed E-state index contributed by atoms with van der Waals surface area (Å²) in [6.07, 6.45) is 3.76. The number of hydrogen-bond donors (Lipinski definition) is 1. The van der Waals surface area contributed by atoms with E-state index >= 15 is 0 Å². The van der Waals surface area contributed by atoms with E-state index in [1.807, 2.05) is 11.9 Å². The minimum Gasteiger partial charge on any atom is -0.341 e. The minimum absolute atomic E-state index is 0. The van der Waals surface area contributed by atoms with Crippen molar-refractivity contribution < 1.29 is 4.79 Å². The van der Waals surface area contributed by atoms with Crippen LogP contribution in [0.2, 0.25) is 0 Å². The smallest absolute Gasteiger partial charge is 0.222 e. The number of hydrogen-bond acceptors (Lipinski definition) is 2. The molecule has 0 radical (unpaired) electrons. The van der Waals surface area contributed by atoms with Gasteiger partial charge in [0.25, 0.3) is 0 Å². The van der Waals surface area contributed by atoms with E-state index in [1.165, 1.54) is 17.5 Å². The summed E-state index contributed by atoms with van der Waals surface area (Å²) in [7, 11) is 1.98. The third-order valence-corrected chi connectivity index (χ3v) is 3.93. The molecule has 2 rings (SSSR count). The van der Waals surface area contributed by atoms with Gasteiger partial charge in [-0.1, -0.05) is 29.8 Å². The summed E-state index contributed by atoms with van der Waals surface area (Å²) in [6.45, 7) is 3.87. The summed E-state index contributed by atoms with van der Waals surface area (Å²) in [4.78, 5) is 14.2. The maximum atomic E-state index is 12.2. The Labute approximate surface area is 128 Å². The highest BCUT2D eigenvalue weighted by Crippen LogP contribution is 2.13. The lowest BCUT2D eigenvalue weighted by Crippen LogP contribution is -2.47. The largest absolute Gasteiger partial charge is 0.341 e. The van der Waals surface area contributed by atoms with E-state index in [4.69, 9.17) is 0 Å². The summed E-state index contributed by atoms with van der Waals surface area (Å²) in [5.74, 6) is 0.292. The predicted octanol–water partition coefficient (Wildman–Crippen LogP) is 2.56. The Hall–Kier alpha value is -1.06. The number of halogens is 1. The first-order valence-electron chi connectivity index (χ1n) is 7.19. The molecule has 112 valence electrons. The van der Waals surface area contributed by atoms with Gasteiger partial charge < -0.3 is 10.2 Å². The Kier molecular flexibility index (Phi) is 7.03. The molecule has 0 spiro atoms. The maximum absolute atomic E-state index is 12.2. The summed E-state index contributed by atoms with van der Waals surface area (Å²) < 4.78 is 0. The van der Waals surface area contributed by atoms with Gasteiger partial charge in [-0.15, -0.1) is 12.4 Å². The first-order chi connectivity index (χ1) is 9.19. The summed E-state index contributed by atoms with van der Waals surface area (Å²) in [6, 6.07) is 8.93. The van der Waals surface area contributed by atoms with Gasteiger partial charge in [-0.3, -0.25) is 4.79 Å². The lowest BCUT2D eigenvalue weighted by atomic mass is 10.0. The SMILES string of the molecule is CNC1CCCN(C(=O)CCc2ccc(C)cc2)C1.Cl. The van der Waals surface area contributed by atoms with Crippen molar-refractivity contribution in [3.8, 4) is 0 Å². The van der Waals surface area contributed by atoms with Gasteiger partial charge in [-0.2, -0.15) is 0 Å². The zero-order valence-corrected chi connectivity index (χ0v) is 13.2. The molecular formula is C16H25ClN2O. The minimum atomic E-state index is 0. The van der Waals surface area contributed by atoms with E-state index in [-0.39, 0.29) is 12.4 Å². The molecule has 20 heavy (non-hydrogen) atoms. The molecule has 1 N–H and O–H groups in total. The molecule has 1 aliphatic heterocycles. The quantitative estimate of drug-likeness (QED) is 0.926. The molecule has 1 heterocycles. The van der Waals surface area contributed by atoms with Crippen LogP contribution >= 0.6 is 12.4 Å². The Morgan fingerprint density at radius 2 is 2.05 bits per heavy atom. The molecule has 1 aliphatic rings. The lowest BCUT2D eigenvalue weighted by Gasteiger charge is -2.32. The van der Waals surface area contributed by atoms with Crippen LogP contribution in [0.1, 0.15) is 30.4 Å². The first-order valence-corrected chi connectivity index (χ1v) is 7.19. The monoisotopic (exact) mass is 296 g/mol. The van der Waals surface area contributed by atoms with Crippen molar-refractivity contribution in [3.63, 3.8) is 0 Å². The number of nitrogens with one attached hydrogen (secondary N) is 1. The van der Waals surface area contributed by atoms with Crippen LogP contribution in [0.5, 0.6) is 0 Å². The third-order valence-electron chi connectivity index (χ3n) is 3.93. The molecule has 1 unspecified atom stereocenters. The molecule has 4 heteroatoms. The number of amides is 1. The Balaban J connectivity index is 0.00000200. The molecule has 0 aromatic heterocycles. The topological polar surface area (TPSA) is 32.3 Å². The van der Waals surface area contributed by atoms with Crippen LogP contribution in [0.3, 0.4) is 0 Å². The summed E-state index contributed by atoms with van der Waals surface area (Å²) >= 11 is 0. The molecule has 1 aromatic carbocycles. The number of piperidine rings is 1. The van der Waals surface area contributed by atoms with E-state index in [0.717, 1.165) is 25.9 Å². The predicted molar refractivity (Wildman–Crippen MR) is 85.4 cm³/mol. The van der Waals surface area contributed by atoms with Crippen molar-refractivity contribution in [2.24, 2.45) is 0 Å². The zero-order valence-electron chi connectivity index (χ0n) is 12.4. The fourth-order valence-electron chi connectivity index (χ4n) is 2.60. The number of carbonyl (C=O) groups is 1. The Morgan fingerprint density at radius 1 is 1.35 bits per heavy atom. The van der Waals surface area contributed by atoms with Gasteiger partial charge in [0.15, 0.2) is 0 Å². The number of carbonyl (C=O) groups excluding carboxylic acids is 1.